The maximum Gasteiger partial charge on any atom is 0.261 e. The number of para-hydroxylation sites is 1. The number of hydrogen-bond acceptors (Lipinski definition) is 5. The van der Waals surface area contributed by atoms with Gasteiger partial charge in [-0.2, -0.15) is 0 Å². The van der Waals surface area contributed by atoms with Crippen LogP contribution in [0, 0.1) is 12.7 Å². The topological polar surface area (TPSA) is 81.3 Å². The van der Waals surface area contributed by atoms with Gasteiger partial charge in [0, 0.05) is 17.1 Å². The van der Waals surface area contributed by atoms with Gasteiger partial charge in [0.15, 0.2) is 4.96 Å². The second kappa shape index (κ2) is 7.44. The highest BCUT2D eigenvalue weighted by molar-refractivity contribution is 7.15. The smallest absolute Gasteiger partial charge is 0.261 e. The third-order valence-corrected chi connectivity index (χ3v) is 5.76. The summed E-state index contributed by atoms with van der Waals surface area (Å²) in [5, 5.41) is 5.17. The van der Waals surface area contributed by atoms with E-state index in [1.807, 2.05) is 18.4 Å². The van der Waals surface area contributed by atoms with Gasteiger partial charge < -0.3 is 5.32 Å². The van der Waals surface area contributed by atoms with Gasteiger partial charge in [0.1, 0.15) is 23.9 Å². The van der Waals surface area contributed by atoms with Crippen LogP contribution in [0.2, 0.25) is 0 Å². The van der Waals surface area contributed by atoms with E-state index >= 15 is 0 Å². The summed E-state index contributed by atoms with van der Waals surface area (Å²) in [5.41, 5.74) is 2.44. The van der Waals surface area contributed by atoms with E-state index in [0.717, 1.165) is 5.56 Å². The number of halogens is 1. The molecule has 7 nitrogen and oxygen atoms in total. The van der Waals surface area contributed by atoms with Crippen molar-refractivity contribution in [2.45, 2.75) is 13.5 Å². The molecule has 154 valence electrons. The molecular formula is C22H16FN5O2S. The molecular weight excluding hydrogens is 417 g/mol. The second-order valence-corrected chi connectivity index (χ2v) is 7.94. The maximum absolute atomic E-state index is 13.3. The molecule has 1 amide bonds. The Bertz CT molecular complexity index is 1500. The van der Waals surface area contributed by atoms with Crippen molar-refractivity contribution in [1.29, 1.82) is 0 Å². The first kappa shape index (κ1) is 19.1. The molecule has 3 heterocycles. The number of imidazole rings is 1. The Morgan fingerprint density at radius 3 is 2.81 bits per heavy atom. The molecule has 2 aromatic carbocycles. The number of benzene rings is 2. The maximum atomic E-state index is 13.3. The lowest BCUT2D eigenvalue weighted by molar-refractivity contribution is -0.116. The Labute approximate surface area is 179 Å². The average Bonchev–Trinajstić information content (AvgIpc) is 3.34. The SMILES string of the molecule is Cc1cccc2c(=O)n(CC(=O)Nc3c(-c4ccc(F)cc4)nc4sccn34)cnc12. The summed E-state index contributed by atoms with van der Waals surface area (Å²) in [6.07, 6.45) is 3.18. The monoisotopic (exact) mass is 433 g/mol. The van der Waals surface area contributed by atoms with Crippen molar-refractivity contribution in [2.75, 3.05) is 5.32 Å². The molecule has 0 bridgehead atoms. The van der Waals surface area contributed by atoms with Crippen LogP contribution in [0.5, 0.6) is 0 Å². The molecule has 0 radical (unpaired) electrons. The van der Waals surface area contributed by atoms with Gasteiger partial charge in [-0.1, -0.05) is 12.1 Å². The van der Waals surface area contributed by atoms with Gasteiger partial charge in [-0.25, -0.2) is 14.4 Å². The summed E-state index contributed by atoms with van der Waals surface area (Å²) in [6, 6.07) is 11.3. The van der Waals surface area contributed by atoms with Gasteiger partial charge in [-0.3, -0.25) is 18.6 Å². The first-order chi connectivity index (χ1) is 15.0. The number of aryl methyl sites for hydroxylation is 1. The molecule has 1 N–H and O–H groups in total. The zero-order chi connectivity index (χ0) is 21.5. The highest BCUT2D eigenvalue weighted by Crippen LogP contribution is 2.30. The van der Waals surface area contributed by atoms with Crippen molar-refractivity contribution in [2.24, 2.45) is 0 Å². The van der Waals surface area contributed by atoms with Crippen molar-refractivity contribution in [3.63, 3.8) is 0 Å². The quantitative estimate of drug-likeness (QED) is 0.467. The summed E-state index contributed by atoms with van der Waals surface area (Å²) < 4.78 is 16.4. The zero-order valence-electron chi connectivity index (χ0n) is 16.4. The van der Waals surface area contributed by atoms with Crippen molar-refractivity contribution >= 4 is 38.9 Å². The van der Waals surface area contributed by atoms with Gasteiger partial charge in [0.25, 0.3) is 5.56 Å². The zero-order valence-corrected chi connectivity index (χ0v) is 17.2. The Morgan fingerprint density at radius 2 is 2.00 bits per heavy atom. The number of carbonyl (C=O) groups excluding carboxylic acids is 1. The number of carbonyl (C=O) groups is 1. The molecule has 0 aliphatic rings. The van der Waals surface area contributed by atoms with Crippen LogP contribution in [0.4, 0.5) is 10.2 Å². The summed E-state index contributed by atoms with van der Waals surface area (Å²) in [4.78, 5) is 35.2. The van der Waals surface area contributed by atoms with Crippen LogP contribution in [0.15, 0.2) is 65.2 Å². The van der Waals surface area contributed by atoms with Crippen LogP contribution in [0.3, 0.4) is 0 Å². The van der Waals surface area contributed by atoms with Crippen LogP contribution in [0.1, 0.15) is 5.56 Å². The fourth-order valence-electron chi connectivity index (χ4n) is 3.49. The number of aromatic nitrogens is 4. The predicted octanol–water partition coefficient (Wildman–Crippen LogP) is 3.86. The lowest BCUT2D eigenvalue weighted by atomic mass is 10.1. The number of hydrogen-bond donors (Lipinski definition) is 1. The molecule has 5 aromatic rings. The van der Waals surface area contributed by atoms with Crippen molar-refractivity contribution < 1.29 is 9.18 Å². The normalized spacial score (nSPS) is 11.3. The minimum absolute atomic E-state index is 0.198. The predicted molar refractivity (Wildman–Crippen MR) is 118 cm³/mol. The van der Waals surface area contributed by atoms with E-state index in [1.165, 1.54) is 34.4 Å². The number of amides is 1. The van der Waals surface area contributed by atoms with E-state index < -0.39 is 5.91 Å². The summed E-state index contributed by atoms with van der Waals surface area (Å²) >= 11 is 1.42. The first-order valence-electron chi connectivity index (χ1n) is 9.47. The fraction of sp³-hybridized carbons (Fsp3) is 0.0909. The number of thiazole rings is 1. The molecule has 5 rings (SSSR count). The molecule has 0 saturated heterocycles. The number of fused-ring (bicyclic) bond motifs is 2. The van der Waals surface area contributed by atoms with E-state index in [4.69, 9.17) is 0 Å². The molecule has 0 aliphatic carbocycles. The summed E-state index contributed by atoms with van der Waals surface area (Å²) in [7, 11) is 0. The van der Waals surface area contributed by atoms with E-state index in [2.05, 4.69) is 15.3 Å². The molecule has 0 atom stereocenters. The van der Waals surface area contributed by atoms with Crippen molar-refractivity contribution in [3.8, 4) is 11.3 Å². The minimum Gasteiger partial charge on any atom is -0.308 e. The lowest BCUT2D eigenvalue weighted by Gasteiger charge is -2.10. The van der Waals surface area contributed by atoms with Gasteiger partial charge in [0.2, 0.25) is 5.91 Å². The Balaban J connectivity index is 1.49. The van der Waals surface area contributed by atoms with Crippen molar-refractivity contribution in [3.05, 3.63) is 82.1 Å². The highest BCUT2D eigenvalue weighted by atomic mass is 32.1. The molecule has 0 fully saturated rings. The second-order valence-electron chi connectivity index (χ2n) is 7.07. The molecule has 9 heteroatoms. The highest BCUT2D eigenvalue weighted by Gasteiger charge is 2.18. The van der Waals surface area contributed by atoms with Crippen LogP contribution in [-0.2, 0) is 11.3 Å². The minimum atomic E-state index is -0.396. The Morgan fingerprint density at radius 1 is 1.19 bits per heavy atom. The van der Waals surface area contributed by atoms with Crippen LogP contribution in [-0.4, -0.2) is 24.8 Å². The molecule has 0 unspecified atom stereocenters. The fourth-order valence-corrected chi connectivity index (χ4v) is 4.20. The number of nitrogens with one attached hydrogen (secondary N) is 1. The van der Waals surface area contributed by atoms with Gasteiger partial charge in [-0.15, -0.1) is 11.3 Å². The molecule has 3 aromatic heterocycles. The lowest BCUT2D eigenvalue weighted by Crippen LogP contribution is -2.28. The molecule has 31 heavy (non-hydrogen) atoms. The summed E-state index contributed by atoms with van der Waals surface area (Å²) in [6.45, 7) is 1.68. The Kier molecular flexibility index (Phi) is 4.59. The van der Waals surface area contributed by atoms with Crippen LogP contribution in [0.25, 0.3) is 27.1 Å². The molecule has 0 spiro atoms. The van der Waals surface area contributed by atoms with E-state index in [1.54, 1.807) is 34.9 Å². The standard InChI is InChI=1S/C22H16FN5O2S/c1-13-3-2-4-16-18(13)24-12-27(21(16)30)11-17(29)25-20-19(14-5-7-15(23)8-6-14)26-22-28(20)9-10-31-22/h2-10,12H,11H2,1H3,(H,25,29). The van der Waals surface area contributed by atoms with E-state index in [9.17, 15) is 14.0 Å². The van der Waals surface area contributed by atoms with Crippen molar-refractivity contribution in [1.82, 2.24) is 18.9 Å². The third-order valence-electron chi connectivity index (χ3n) is 5.01. The van der Waals surface area contributed by atoms with Gasteiger partial charge in [0.05, 0.1) is 17.2 Å². The largest absolute Gasteiger partial charge is 0.308 e. The molecule has 0 saturated carbocycles. The summed E-state index contributed by atoms with van der Waals surface area (Å²) in [5.74, 6) is -0.286. The number of rotatable bonds is 4. The number of nitrogens with zero attached hydrogens (tertiary/aromatic N) is 4. The third kappa shape index (κ3) is 3.38. The first-order valence-corrected chi connectivity index (χ1v) is 10.4. The van der Waals surface area contributed by atoms with Gasteiger partial charge >= 0.3 is 0 Å². The Hall–Kier alpha value is -3.85. The number of anilines is 1. The average molecular weight is 433 g/mol. The van der Waals surface area contributed by atoms with Crippen LogP contribution < -0.4 is 10.9 Å². The van der Waals surface area contributed by atoms with E-state index in [0.29, 0.717) is 32.9 Å². The molecule has 0 aliphatic heterocycles. The van der Waals surface area contributed by atoms with E-state index in [-0.39, 0.29) is 17.9 Å². The van der Waals surface area contributed by atoms with Gasteiger partial charge in [-0.05, 0) is 42.8 Å². The van der Waals surface area contributed by atoms with Crippen LogP contribution >= 0.6 is 11.3 Å².